The Morgan fingerprint density at radius 3 is 2.68 bits per heavy atom. The van der Waals surface area contributed by atoms with E-state index in [0.29, 0.717) is 4.96 Å². The number of hydrogen-bond acceptors (Lipinski definition) is 7. The predicted octanol–water partition coefficient (Wildman–Crippen LogP) is 2.75. The van der Waals surface area contributed by atoms with Gasteiger partial charge in [0.1, 0.15) is 23.4 Å². The van der Waals surface area contributed by atoms with Gasteiger partial charge < -0.3 is 4.74 Å². The molecule has 1 atom stereocenters. The number of nitrogens with zero attached hydrogens (tertiary/aromatic N) is 3. The van der Waals surface area contributed by atoms with Crippen LogP contribution in [0, 0.1) is 5.82 Å². The minimum absolute atomic E-state index is 0.0722. The first-order valence-electron chi connectivity index (χ1n) is 10.3. The molecule has 0 spiro atoms. The molecule has 11 heteroatoms. The molecule has 4 aromatic rings. The van der Waals surface area contributed by atoms with Crippen molar-refractivity contribution in [2.45, 2.75) is 30.5 Å². The molecule has 0 amide bonds. The maximum absolute atomic E-state index is 14.4. The second-order valence-electron chi connectivity index (χ2n) is 7.72. The number of aromatic nitrogens is 2. The number of benzene rings is 2. The van der Waals surface area contributed by atoms with E-state index in [0.717, 1.165) is 21.5 Å². The molecule has 0 fully saturated rings. The van der Waals surface area contributed by atoms with E-state index in [9.17, 15) is 22.4 Å². The third-order valence-corrected chi connectivity index (χ3v) is 8.26. The monoisotopic (exact) mass is 499 g/mol. The zero-order chi connectivity index (χ0) is 23.9. The Hall–Kier alpha value is -3.41. The summed E-state index contributed by atoms with van der Waals surface area (Å²) in [5.41, 5.74) is 1.47. The van der Waals surface area contributed by atoms with Crippen molar-refractivity contribution in [3.05, 3.63) is 99.2 Å². The smallest absolute Gasteiger partial charge is 0.325 e. The number of sulfonamides is 1. The summed E-state index contributed by atoms with van der Waals surface area (Å²) in [7, 11) is -4.35. The van der Waals surface area contributed by atoms with Crippen LogP contribution in [-0.4, -0.2) is 34.1 Å². The van der Waals surface area contributed by atoms with Crippen molar-refractivity contribution in [1.29, 1.82) is 0 Å². The Morgan fingerprint density at radius 2 is 1.88 bits per heavy atom. The summed E-state index contributed by atoms with van der Waals surface area (Å²) >= 11 is 1.26. The summed E-state index contributed by atoms with van der Waals surface area (Å²) in [6.45, 7) is -0.401. The van der Waals surface area contributed by atoms with Crippen LogP contribution in [0.2, 0.25) is 0 Å². The van der Waals surface area contributed by atoms with Gasteiger partial charge in [0.25, 0.3) is 5.56 Å². The first-order valence-corrected chi connectivity index (χ1v) is 12.6. The highest BCUT2D eigenvalue weighted by Crippen LogP contribution is 2.30. The van der Waals surface area contributed by atoms with Gasteiger partial charge in [-0.1, -0.05) is 36.4 Å². The van der Waals surface area contributed by atoms with Gasteiger partial charge in [0, 0.05) is 30.6 Å². The molecule has 0 saturated heterocycles. The minimum Gasteiger partial charge on any atom is -0.458 e. The Morgan fingerprint density at radius 1 is 1.15 bits per heavy atom. The fourth-order valence-corrected chi connectivity index (χ4v) is 6.30. The highest BCUT2D eigenvalue weighted by Gasteiger charge is 2.41. The minimum atomic E-state index is -4.35. The predicted molar refractivity (Wildman–Crippen MR) is 122 cm³/mol. The average molecular weight is 500 g/mol. The van der Waals surface area contributed by atoms with E-state index < -0.39 is 32.7 Å². The second-order valence-corrected chi connectivity index (χ2v) is 10.5. The van der Waals surface area contributed by atoms with Gasteiger partial charge in [-0.15, -0.1) is 11.3 Å². The Labute approximate surface area is 197 Å². The molecule has 1 aliphatic heterocycles. The van der Waals surface area contributed by atoms with Crippen molar-refractivity contribution in [2.75, 3.05) is 0 Å². The number of fused-ring (bicyclic) bond motifs is 2. The van der Waals surface area contributed by atoms with Crippen LogP contribution < -0.4 is 5.56 Å². The lowest BCUT2D eigenvalue weighted by atomic mass is 9.96. The van der Waals surface area contributed by atoms with Crippen molar-refractivity contribution in [1.82, 2.24) is 13.7 Å². The topological polar surface area (TPSA) is 98.1 Å². The number of carbonyl (C=O) groups is 1. The largest absolute Gasteiger partial charge is 0.458 e. The molecule has 0 unspecified atom stereocenters. The van der Waals surface area contributed by atoms with E-state index in [1.807, 2.05) is 6.07 Å². The van der Waals surface area contributed by atoms with E-state index in [-0.39, 0.29) is 30.8 Å². The van der Waals surface area contributed by atoms with Gasteiger partial charge >= 0.3 is 5.97 Å². The molecule has 174 valence electrons. The van der Waals surface area contributed by atoms with Crippen LogP contribution in [0.4, 0.5) is 4.39 Å². The van der Waals surface area contributed by atoms with Crippen LogP contribution in [-0.2, 0) is 39.1 Å². The zero-order valence-electron chi connectivity index (χ0n) is 17.6. The van der Waals surface area contributed by atoms with Gasteiger partial charge in [0.05, 0.1) is 5.69 Å². The van der Waals surface area contributed by atoms with Crippen molar-refractivity contribution in [3.8, 4) is 0 Å². The maximum Gasteiger partial charge on any atom is 0.325 e. The quantitative estimate of drug-likeness (QED) is 0.392. The van der Waals surface area contributed by atoms with Crippen molar-refractivity contribution in [3.63, 3.8) is 0 Å². The van der Waals surface area contributed by atoms with Crippen LogP contribution in [0.15, 0.2) is 75.9 Å². The lowest BCUT2D eigenvalue weighted by molar-refractivity contribution is -0.150. The highest BCUT2D eigenvalue weighted by atomic mass is 32.2. The molecule has 5 rings (SSSR count). The van der Waals surface area contributed by atoms with E-state index in [1.54, 1.807) is 29.8 Å². The van der Waals surface area contributed by atoms with Gasteiger partial charge in [-0.25, -0.2) is 17.8 Å². The number of esters is 1. The van der Waals surface area contributed by atoms with Crippen molar-refractivity contribution in [2.24, 2.45) is 0 Å². The number of carbonyl (C=O) groups excluding carboxylic acids is 1. The van der Waals surface area contributed by atoms with Crippen LogP contribution in [0.25, 0.3) is 4.96 Å². The maximum atomic E-state index is 14.4. The normalized spacial score (nSPS) is 16.3. The Kier molecular flexibility index (Phi) is 5.76. The molecule has 8 nitrogen and oxygen atoms in total. The first kappa shape index (κ1) is 22.4. The summed E-state index contributed by atoms with van der Waals surface area (Å²) in [5.74, 6) is -1.70. The SMILES string of the molecule is O=C(OCc1cc(=O)n2ccsc2n1)[C@@H]1Cc2ccccc2CN1S(=O)(=O)c1ccccc1F. The molecule has 0 N–H and O–H groups in total. The molecule has 3 heterocycles. The van der Waals surface area contributed by atoms with Crippen LogP contribution in [0.5, 0.6) is 0 Å². The molecular weight excluding hydrogens is 481 g/mol. The Balaban J connectivity index is 1.46. The summed E-state index contributed by atoms with van der Waals surface area (Å²) in [6.07, 6.45) is 1.67. The fraction of sp³-hybridized carbons (Fsp3) is 0.174. The lowest BCUT2D eigenvalue weighted by Crippen LogP contribution is -2.49. The second kappa shape index (κ2) is 8.75. The third-order valence-electron chi connectivity index (χ3n) is 5.62. The molecule has 1 aliphatic rings. The number of halogens is 1. The summed E-state index contributed by atoms with van der Waals surface area (Å²) in [6, 6.07) is 12.3. The Bertz CT molecular complexity index is 1560. The number of rotatable bonds is 5. The van der Waals surface area contributed by atoms with Gasteiger partial charge in [-0.3, -0.25) is 14.0 Å². The van der Waals surface area contributed by atoms with Gasteiger partial charge in [0.2, 0.25) is 10.0 Å². The van der Waals surface area contributed by atoms with Crippen LogP contribution in [0.1, 0.15) is 16.8 Å². The van der Waals surface area contributed by atoms with Gasteiger partial charge in [-0.05, 0) is 23.3 Å². The van der Waals surface area contributed by atoms with E-state index >= 15 is 0 Å². The molecule has 2 aromatic heterocycles. The van der Waals surface area contributed by atoms with Crippen LogP contribution >= 0.6 is 11.3 Å². The summed E-state index contributed by atoms with van der Waals surface area (Å²) < 4.78 is 48.9. The first-order chi connectivity index (χ1) is 16.3. The molecule has 0 saturated carbocycles. The molecule has 2 aromatic carbocycles. The van der Waals surface area contributed by atoms with Gasteiger partial charge in [0.15, 0.2) is 4.96 Å². The fourth-order valence-electron chi connectivity index (χ4n) is 3.94. The molecule has 34 heavy (non-hydrogen) atoms. The molecule has 0 radical (unpaired) electrons. The average Bonchev–Trinajstić information content (AvgIpc) is 3.31. The number of ether oxygens (including phenoxy) is 1. The van der Waals surface area contributed by atoms with E-state index in [2.05, 4.69) is 4.98 Å². The van der Waals surface area contributed by atoms with E-state index in [4.69, 9.17) is 4.74 Å². The summed E-state index contributed by atoms with van der Waals surface area (Å²) in [5, 5.41) is 1.71. The number of thiazole rings is 1. The zero-order valence-corrected chi connectivity index (χ0v) is 19.3. The van der Waals surface area contributed by atoms with Crippen LogP contribution in [0.3, 0.4) is 0 Å². The third kappa shape index (κ3) is 4.02. The molecule has 0 bridgehead atoms. The van der Waals surface area contributed by atoms with Crippen molar-refractivity contribution >= 4 is 32.3 Å². The highest BCUT2D eigenvalue weighted by molar-refractivity contribution is 7.89. The summed E-state index contributed by atoms with van der Waals surface area (Å²) in [4.78, 5) is 29.5. The van der Waals surface area contributed by atoms with E-state index in [1.165, 1.54) is 40.0 Å². The number of hydrogen-bond donors (Lipinski definition) is 0. The van der Waals surface area contributed by atoms with Crippen molar-refractivity contribution < 1.29 is 22.3 Å². The molecule has 0 aliphatic carbocycles. The molecular formula is C23H18FN3O5S2. The standard InChI is InChI=1S/C23H18FN3O5S2/c24-18-7-3-4-8-20(18)34(30,31)27-13-16-6-2-1-5-15(16)11-19(27)22(29)32-14-17-12-21(28)26-9-10-33-23(26)25-17/h1-10,12,19H,11,13-14H2/t19-/m0/s1. The van der Waals surface area contributed by atoms with Gasteiger partial charge in [-0.2, -0.15) is 4.31 Å². The lowest BCUT2D eigenvalue weighted by Gasteiger charge is -2.34.